The summed E-state index contributed by atoms with van der Waals surface area (Å²) >= 11 is 6.36. The molecule has 0 saturated heterocycles. The first-order valence-electron chi connectivity index (χ1n) is 11.7. The number of amides is 3. The van der Waals surface area contributed by atoms with Gasteiger partial charge in [0.1, 0.15) is 18.2 Å². The van der Waals surface area contributed by atoms with Crippen molar-refractivity contribution in [1.82, 2.24) is 10.2 Å². The molecule has 0 aliphatic heterocycles. The van der Waals surface area contributed by atoms with Gasteiger partial charge in [0.2, 0.25) is 5.91 Å². The van der Waals surface area contributed by atoms with Gasteiger partial charge in [-0.2, -0.15) is 0 Å². The summed E-state index contributed by atoms with van der Waals surface area (Å²) in [7, 11) is 0. The lowest BCUT2D eigenvalue weighted by molar-refractivity contribution is -0.140. The third kappa shape index (κ3) is 7.99. The summed E-state index contributed by atoms with van der Waals surface area (Å²) in [6, 6.07) is 11.6. The Hall–Kier alpha value is -3.06. The van der Waals surface area contributed by atoms with Gasteiger partial charge in [-0.1, -0.05) is 60.5 Å². The van der Waals surface area contributed by atoms with Crippen molar-refractivity contribution < 1.29 is 19.1 Å². The van der Waals surface area contributed by atoms with E-state index in [4.69, 9.17) is 16.3 Å². The first kappa shape index (κ1) is 28.2. The fourth-order valence-corrected chi connectivity index (χ4v) is 3.92. The number of nitrogens with one attached hydrogen (secondary N) is 2. The van der Waals surface area contributed by atoms with Crippen LogP contribution >= 0.6 is 11.6 Å². The Morgan fingerprint density at radius 1 is 1.09 bits per heavy atom. The molecule has 0 aliphatic rings. The predicted octanol–water partition coefficient (Wildman–Crippen LogP) is 5.79. The minimum Gasteiger partial charge on any atom is -0.444 e. The molecule has 0 heterocycles. The number of hydrogen-bond acceptors (Lipinski definition) is 4. The normalized spacial score (nSPS) is 12.9. The van der Waals surface area contributed by atoms with Crippen molar-refractivity contribution in [2.75, 3.05) is 11.9 Å². The SMILES string of the molecule is CCC(C)N(C(=O)CNC(=O)OC(C)(C)C)C(C(=O)Nc1c(C)cccc1Cl)c1cccc(C)c1. The molecule has 2 N–H and O–H groups in total. The molecule has 190 valence electrons. The molecular formula is C27H36ClN3O4. The van der Waals surface area contributed by atoms with Crippen LogP contribution in [0.5, 0.6) is 0 Å². The molecule has 2 rings (SSSR count). The molecule has 0 aliphatic carbocycles. The highest BCUT2D eigenvalue weighted by Gasteiger charge is 2.35. The number of aryl methyl sites for hydroxylation is 2. The topological polar surface area (TPSA) is 87.7 Å². The fraction of sp³-hybridized carbons (Fsp3) is 0.444. The summed E-state index contributed by atoms with van der Waals surface area (Å²) in [6.45, 7) is 12.5. The maximum Gasteiger partial charge on any atom is 0.408 e. The monoisotopic (exact) mass is 501 g/mol. The van der Waals surface area contributed by atoms with E-state index in [1.54, 1.807) is 26.8 Å². The highest BCUT2D eigenvalue weighted by molar-refractivity contribution is 6.34. The molecule has 0 spiro atoms. The quantitative estimate of drug-likeness (QED) is 0.479. The molecule has 2 aromatic carbocycles. The fourth-order valence-electron chi connectivity index (χ4n) is 3.65. The third-order valence-corrected chi connectivity index (χ3v) is 5.81. The van der Waals surface area contributed by atoms with Crippen molar-refractivity contribution in [3.8, 4) is 0 Å². The van der Waals surface area contributed by atoms with Crippen LogP contribution in [0.3, 0.4) is 0 Å². The summed E-state index contributed by atoms with van der Waals surface area (Å²) in [5, 5.41) is 5.86. The van der Waals surface area contributed by atoms with Crippen molar-refractivity contribution >= 4 is 35.2 Å². The van der Waals surface area contributed by atoms with Crippen molar-refractivity contribution in [3.63, 3.8) is 0 Å². The maximum atomic E-state index is 13.7. The van der Waals surface area contributed by atoms with E-state index < -0.39 is 29.6 Å². The summed E-state index contributed by atoms with van der Waals surface area (Å²) < 4.78 is 5.25. The first-order chi connectivity index (χ1) is 16.3. The minimum absolute atomic E-state index is 0.286. The van der Waals surface area contributed by atoms with Gasteiger partial charge in [0, 0.05) is 6.04 Å². The van der Waals surface area contributed by atoms with E-state index in [-0.39, 0.29) is 12.6 Å². The van der Waals surface area contributed by atoms with E-state index in [1.807, 2.05) is 64.1 Å². The summed E-state index contributed by atoms with van der Waals surface area (Å²) in [5.74, 6) is -0.791. The zero-order valence-corrected chi connectivity index (χ0v) is 22.3. The van der Waals surface area contributed by atoms with E-state index in [9.17, 15) is 14.4 Å². The van der Waals surface area contributed by atoms with E-state index in [2.05, 4.69) is 10.6 Å². The van der Waals surface area contributed by atoms with Crippen molar-refractivity contribution in [1.29, 1.82) is 0 Å². The number of carbonyl (C=O) groups excluding carboxylic acids is 3. The van der Waals surface area contributed by atoms with Crippen LogP contribution in [0.2, 0.25) is 5.02 Å². The van der Waals surface area contributed by atoms with Gasteiger partial charge in [-0.15, -0.1) is 0 Å². The van der Waals surface area contributed by atoms with Gasteiger partial charge >= 0.3 is 6.09 Å². The summed E-state index contributed by atoms with van der Waals surface area (Å²) in [6.07, 6.45) is -0.0861. The standard InChI is InChI=1S/C27H36ClN3O4/c1-8-19(4)31(22(32)16-29-26(34)35-27(5,6)7)24(20-13-9-11-17(2)15-20)25(33)30-23-18(3)12-10-14-21(23)28/h9-15,19,24H,8,16H2,1-7H3,(H,29,34)(H,30,33). The first-order valence-corrected chi connectivity index (χ1v) is 12.1. The third-order valence-electron chi connectivity index (χ3n) is 5.49. The second-order valence-corrected chi connectivity index (χ2v) is 10.1. The van der Waals surface area contributed by atoms with Crippen molar-refractivity contribution in [2.24, 2.45) is 0 Å². The van der Waals surface area contributed by atoms with E-state index in [0.717, 1.165) is 11.1 Å². The molecule has 35 heavy (non-hydrogen) atoms. The van der Waals surface area contributed by atoms with Gasteiger partial charge in [-0.25, -0.2) is 4.79 Å². The lowest BCUT2D eigenvalue weighted by Gasteiger charge is -2.36. The number of para-hydroxylation sites is 1. The molecule has 0 aromatic heterocycles. The maximum absolute atomic E-state index is 13.7. The Morgan fingerprint density at radius 2 is 1.74 bits per heavy atom. The van der Waals surface area contributed by atoms with Crippen LogP contribution in [-0.2, 0) is 14.3 Å². The van der Waals surface area contributed by atoms with Gasteiger partial charge in [0.05, 0.1) is 10.7 Å². The van der Waals surface area contributed by atoms with Crippen LogP contribution in [0.1, 0.15) is 63.8 Å². The number of rotatable bonds is 8. The molecule has 0 radical (unpaired) electrons. The van der Waals surface area contributed by atoms with Crippen LogP contribution in [0.25, 0.3) is 0 Å². The van der Waals surface area contributed by atoms with Gasteiger partial charge in [0.25, 0.3) is 5.91 Å². The Morgan fingerprint density at radius 3 is 2.31 bits per heavy atom. The van der Waals surface area contributed by atoms with Crippen LogP contribution in [0.4, 0.5) is 10.5 Å². The number of hydrogen-bond donors (Lipinski definition) is 2. The largest absolute Gasteiger partial charge is 0.444 e. The van der Waals surface area contributed by atoms with Gasteiger partial charge in [0.15, 0.2) is 0 Å². The number of halogens is 1. The van der Waals surface area contributed by atoms with Crippen LogP contribution in [-0.4, -0.2) is 41.0 Å². The van der Waals surface area contributed by atoms with E-state index >= 15 is 0 Å². The van der Waals surface area contributed by atoms with Crippen LogP contribution in [0, 0.1) is 13.8 Å². The molecule has 7 nitrogen and oxygen atoms in total. The lowest BCUT2D eigenvalue weighted by Crippen LogP contribution is -2.50. The van der Waals surface area contributed by atoms with Crippen molar-refractivity contribution in [3.05, 3.63) is 64.2 Å². The molecule has 8 heteroatoms. The number of alkyl carbamates (subject to hydrolysis) is 1. The van der Waals surface area contributed by atoms with Gasteiger partial charge < -0.3 is 20.3 Å². The second-order valence-electron chi connectivity index (χ2n) is 9.65. The zero-order valence-electron chi connectivity index (χ0n) is 21.6. The molecule has 2 aromatic rings. The van der Waals surface area contributed by atoms with E-state index in [0.29, 0.717) is 22.7 Å². The predicted molar refractivity (Wildman–Crippen MR) is 140 cm³/mol. The minimum atomic E-state index is -0.937. The molecule has 0 bridgehead atoms. The van der Waals surface area contributed by atoms with Crippen molar-refractivity contribution in [2.45, 2.75) is 72.6 Å². The molecular weight excluding hydrogens is 466 g/mol. The van der Waals surface area contributed by atoms with Crippen LogP contribution in [0.15, 0.2) is 42.5 Å². The number of nitrogens with zero attached hydrogens (tertiary/aromatic N) is 1. The van der Waals surface area contributed by atoms with E-state index in [1.165, 1.54) is 4.90 Å². The Labute approximate surface area is 213 Å². The molecule has 0 saturated carbocycles. The number of benzene rings is 2. The Balaban J connectivity index is 2.44. The zero-order chi connectivity index (χ0) is 26.3. The number of carbonyl (C=O) groups is 3. The van der Waals surface area contributed by atoms with Gasteiger partial charge in [-0.05, 0) is 65.2 Å². The van der Waals surface area contributed by atoms with Gasteiger partial charge in [-0.3, -0.25) is 9.59 Å². The Kier molecular flexibility index (Phi) is 9.72. The number of ether oxygens (including phenoxy) is 1. The summed E-state index contributed by atoms with van der Waals surface area (Å²) in [5.41, 5.74) is 2.23. The lowest BCUT2D eigenvalue weighted by atomic mass is 9.99. The molecule has 2 atom stereocenters. The Bertz CT molecular complexity index is 1040. The molecule has 3 amide bonds. The molecule has 2 unspecified atom stereocenters. The molecule has 0 fully saturated rings. The highest BCUT2D eigenvalue weighted by atomic mass is 35.5. The van der Waals surface area contributed by atoms with Crippen LogP contribution < -0.4 is 10.6 Å². The average Bonchev–Trinajstić information content (AvgIpc) is 2.76. The number of anilines is 1. The second kappa shape index (κ2) is 12.1. The summed E-state index contributed by atoms with van der Waals surface area (Å²) in [4.78, 5) is 40.9. The smallest absolute Gasteiger partial charge is 0.408 e. The average molecular weight is 502 g/mol. The highest BCUT2D eigenvalue weighted by Crippen LogP contribution is 2.30.